The van der Waals surface area contributed by atoms with Crippen molar-refractivity contribution in [2.45, 2.75) is 64.6 Å². The molecule has 0 bridgehead atoms. The van der Waals surface area contributed by atoms with Gasteiger partial charge in [0.25, 0.3) is 0 Å². The number of hydrogen-bond donors (Lipinski definition) is 0. The van der Waals surface area contributed by atoms with Crippen molar-refractivity contribution in [3.63, 3.8) is 0 Å². The Bertz CT molecular complexity index is 439. The number of piperidine rings is 1. The van der Waals surface area contributed by atoms with Gasteiger partial charge in [-0.2, -0.15) is 0 Å². The number of rotatable bonds is 4. The largest absolute Gasteiger partial charge is 0.424 e. The van der Waals surface area contributed by atoms with Crippen LogP contribution < -0.4 is 0 Å². The van der Waals surface area contributed by atoms with E-state index in [-0.39, 0.29) is 0 Å². The zero-order valence-electron chi connectivity index (χ0n) is 12.9. The average molecular weight is 278 g/mol. The van der Waals surface area contributed by atoms with Crippen LogP contribution in [0.2, 0.25) is 0 Å². The molecule has 0 spiro atoms. The molecule has 0 aromatic carbocycles. The van der Waals surface area contributed by atoms with E-state index in [1.165, 1.54) is 25.8 Å². The summed E-state index contributed by atoms with van der Waals surface area (Å²) in [6.45, 7) is 10.9. The van der Waals surface area contributed by atoms with Gasteiger partial charge >= 0.3 is 0 Å². The minimum Gasteiger partial charge on any atom is -0.424 e. The van der Waals surface area contributed by atoms with E-state index in [1.54, 1.807) is 0 Å². The third-order valence-electron chi connectivity index (χ3n) is 4.60. The first-order valence-electron chi connectivity index (χ1n) is 7.94. The van der Waals surface area contributed by atoms with Crippen LogP contribution in [0.5, 0.6) is 0 Å². The SMILES string of the molecule is CC(C)c1nnc(CN2CC(N3CCCC[C@@H]3C)C2)o1. The van der Waals surface area contributed by atoms with Gasteiger partial charge in [0, 0.05) is 31.1 Å². The summed E-state index contributed by atoms with van der Waals surface area (Å²) in [5.41, 5.74) is 0. The Labute approximate surface area is 121 Å². The summed E-state index contributed by atoms with van der Waals surface area (Å²) in [5, 5.41) is 8.23. The average Bonchev–Trinajstić information content (AvgIpc) is 2.83. The molecule has 0 radical (unpaired) electrons. The standard InChI is InChI=1S/C15H26N4O/c1-11(2)15-17-16-14(20-15)10-18-8-13(9-18)19-7-5-4-6-12(19)3/h11-13H,4-10H2,1-3H3/t12-/m0/s1. The number of hydrogen-bond acceptors (Lipinski definition) is 5. The van der Waals surface area contributed by atoms with Crippen molar-refractivity contribution >= 4 is 0 Å². The first-order chi connectivity index (χ1) is 9.63. The van der Waals surface area contributed by atoms with Crippen LogP contribution in [0.3, 0.4) is 0 Å². The lowest BCUT2D eigenvalue weighted by Crippen LogP contribution is -2.61. The topological polar surface area (TPSA) is 45.4 Å². The molecule has 0 amide bonds. The molecular weight excluding hydrogens is 252 g/mol. The summed E-state index contributed by atoms with van der Waals surface area (Å²) in [6, 6.07) is 1.49. The quantitative estimate of drug-likeness (QED) is 0.845. The highest BCUT2D eigenvalue weighted by Gasteiger charge is 2.35. The van der Waals surface area contributed by atoms with Crippen molar-refractivity contribution in [1.29, 1.82) is 0 Å². The molecule has 3 heterocycles. The van der Waals surface area contributed by atoms with Gasteiger partial charge in [-0.3, -0.25) is 9.80 Å². The second-order valence-electron chi connectivity index (χ2n) is 6.62. The van der Waals surface area contributed by atoms with Crippen LogP contribution in [0, 0.1) is 0 Å². The second kappa shape index (κ2) is 5.82. The van der Waals surface area contributed by atoms with E-state index >= 15 is 0 Å². The van der Waals surface area contributed by atoms with Gasteiger partial charge in [0.2, 0.25) is 11.8 Å². The second-order valence-corrected chi connectivity index (χ2v) is 6.62. The molecule has 0 saturated carbocycles. The van der Waals surface area contributed by atoms with Crippen molar-refractivity contribution in [3.05, 3.63) is 11.8 Å². The molecule has 2 aliphatic rings. The fraction of sp³-hybridized carbons (Fsp3) is 0.867. The Morgan fingerprint density at radius 2 is 2.05 bits per heavy atom. The summed E-state index contributed by atoms with van der Waals surface area (Å²) in [6.07, 6.45) is 4.12. The molecule has 112 valence electrons. The van der Waals surface area contributed by atoms with Crippen LogP contribution in [0.15, 0.2) is 4.42 Å². The highest BCUT2D eigenvalue weighted by atomic mass is 16.4. The van der Waals surface area contributed by atoms with Gasteiger partial charge in [-0.05, 0) is 26.3 Å². The molecule has 5 heteroatoms. The molecule has 1 aromatic rings. The summed E-state index contributed by atoms with van der Waals surface area (Å²) < 4.78 is 5.68. The van der Waals surface area contributed by atoms with Gasteiger partial charge in [0.05, 0.1) is 6.54 Å². The molecule has 2 fully saturated rings. The van der Waals surface area contributed by atoms with Gasteiger partial charge in [-0.15, -0.1) is 10.2 Å². The van der Waals surface area contributed by atoms with E-state index in [0.717, 1.165) is 43.5 Å². The van der Waals surface area contributed by atoms with Crippen LogP contribution in [0.4, 0.5) is 0 Å². The summed E-state index contributed by atoms with van der Waals surface area (Å²) >= 11 is 0. The zero-order valence-corrected chi connectivity index (χ0v) is 12.9. The summed E-state index contributed by atoms with van der Waals surface area (Å²) in [4.78, 5) is 5.09. The molecule has 0 aliphatic carbocycles. The zero-order chi connectivity index (χ0) is 14.1. The van der Waals surface area contributed by atoms with Gasteiger partial charge in [-0.1, -0.05) is 20.3 Å². The number of nitrogens with zero attached hydrogens (tertiary/aromatic N) is 4. The smallest absolute Gasteiger partial charge is 0.230 e. The first kappa shape index (κ1) is 14.0. The van der Waals surface area contributed by atoms with Crippen LogP contribution >= 0.6 is 0 Å². The van der Waals surface area contributed by atoms with Crippen molar-refractivity contribution < 1.29 is 4.42 Å². The van der Waals surface area contributed by atoms with E-state index in [4.69, 9.17) is 4.42 Å². The maximum atomic E-state index is 5.68. The van der Waals surface area contributed by atoms with E-state index in [1.807, 2.05) is 0 Å². The molecular formula is C15H26N4O. The molecule has 2 saturated heterocycles. The predicted octanol–water partition coefficient (Wildman–Crippen LogP) is 2.25. The minimum atomic E-state index is 0.314. The van der Waals surface area contributed by atoms with Crippen LogP contribution in [0.25, 0.3) is 0 Å². The maximum Gasteiger partial charge on any atom is 0.230 e. The molecule has 2 aliphatic heterocycles. The van der Waals surface area contributed by atoms with Gasteiger partial charge in [0.15, 0.2) is 0 Å². The molecule has 1 atom stereocenters. The molecule has 5 nitrogen and oxygen atoms in total. The van der Waals surface area contributed by atoms with Crippen LogP contribution in [0.1, 0.15) is 57.7 Å². The first-order valence-corrected chi connectivity index (χ1v) is 7.94. The fourth-order valence-corrected chi connectivity index (χ4v) is 3.30. The van der Waals surface area contributed by atoms with E-state index < -0.39 is 0 Å². The third kappa shape index (κ3) is 2.88. The lowest BCUT2D eigenvalue weighted by Gasteiger charge is -2.48. The van der Waals surface area contributed by atoms with Crippen LogP contribution in [-0.2, 0) is 6.54 Å². The van der Waals surface area contributed by atoms with Crippen LogP contribution in [-0.4, -0.2) is 51.7 Å². The molecule has 0 unspecified atom stereocenters. The van der Waals surface area contributed by atoms with Crippen molar-refractivity contribution in [2.75, 3.05) is 19.6 Å². The summed E-state index contributed by atoms with van der Waals surface area (Å²) in [7, 11) is 0. The third-order valence-corrected chi connectivity index (χ3v) is 4.60. The Morgan fingerprint density at radius 1 is 1.25 bits per heavy atom. The predicted molar refractivity (Wildman–Crippen MR) is 77.5 cm³/mol. The van der Waals surface area contributed by atoms with Crippen molar-refractivity contribution in [1.82, 2.24) is 20.0 Å². The van der Waals surface area contributed by atoms with E-state index in [9.17, 15) is 0 Å². The minimum absolute atomic E-state index is 0.314. The molecule has 20 heavy (non-hydrogen) atoms. The normalized spacial score (nSPS) is 26.1. The van der Waals surface area contributed by atoms with E-state index in [0.29, 0.717) is 5.92 Å². The maximum absolute atomic E-state index is 5.68. The lowest BCUT2D eigenvalue weighted by atomic mass is 9.97. The molecule has 0 N–H and O–H groups in total. The lowest BCUT2D eigenvalue weighted by molar-refractivity contribution is -0.00981. The highest BCUT2D eigenvalue weighted by Crippen LogP contribution is 2.25. The van der Waals surface area contributed by atoms with Gasteiger partial charge in [-0.25, -0.2) is 0 Å². The Hall–Kier alpha value is -0.940. The number of likely N-dealkylation sites (tertiary alicyclic amines) is 2. The van der Waals surface area contributed by atoms with Crippen molar-refractivity contribution in [3.8, 4) is 0 Å². The Morgan fingerprint density at radius 3 is 2.70 bits per heavy atom. The van der Waals surface area contributed by atoms with E-state index in [2.05, 4.69) is 40.8 Å². The summed E-state index contributed by atoms with van der Waals surface area (Å²) in [5.74, 6) is 1.83. The Kier molecular flexibility index (Phi) is 4.08. The van der Waals surface area contributed by atoms with Gasteiger partial charge < -0.3 is 4.42 Å². The number of aromatic nitrogens is 2. The highest BCUT2D eigenvalue weighted by molar-refractivity contribution is 4.94. The molecule has 1 aromatic heterocycles. The van der Waals surface area contributed by atoms with Gasteiger partial charge in [0.1, 0.15) is 0 Å². The molecule has 3 rings (SSSR count). The van der Waals surface area contributed by atoms with Crippen molar-refractivity contribution in [2.24, 2.45) is 0 Å². The Balaban J connectivity index is 1.47. The fourth-order valence-electron chi connectivity index (χ4n) is 3.30. The monoisotopic (exact) mass is 278 g/mol.